The van der Waals surface area contributed by atoms with Crippen LogP contribution in [0.3, 0.4) is 0 Å². The van der Waals surface area contributed by atoms with Crippen LogP contribution in [0.25, 0.3) is 0 Å². The molecule has 14 heavy (non-hydrogen) atoms. The van der Waals surface area contributed by atoms with E-state index in [-0.39, 0.29) is 5.91 Å². The van der Waals surface area contributed by atoms with E-state index in [0.717, 1.165) is 0 Å². The highest BCUT2D eigenvalue weighted by Crippen LogP contribution is 2.11. The van der Waals surface area contributed by atoms with E-state index >= 15 is 0 Å². The van der Waals surface area contributed by atoms with Crippen LogP contribution in [0.1, 0.15) is 6.92 Å². The van der Waals surface area contributed by atoms with Gasteiger partial charge >= 0.3 is 0 Å². The number of carbonyl (C=O) groups is 1. The monoisotopic (exact) mass is 255 g/mol. The summed E-state index contributed by atoms with van der Waals surface area (Å²) in [6.45, 7) is 5.49. The lowest BCUT2D eigenvalue weighted by atomic mass is 10.4. The number of halogens is 1. The third kappa shape index (κ3) is 2.63. The van der Waals surface area contributed by atoms with Gasteiger partial charge in [-0.25, -0.2) is 9.97 Å². The molecular formula is C9H10BrN3O. The van der Waals surface area contributed by atoms with Gasteiger partial charge in [-0.15, -0.1) is 6.58 Å². The molecule has 0 aliphatic carbocycles. The fraction of sp³-hybridized carbons (Fsp3) is 0.222. The molecule has 0 atom stereocenters. The van der Waals surface area contributed by atoms with E-state index in [9.17, 15) is 4.79 Å². The Morgan fingerprint density at radius 2 is 2.36 bits per heavy atom. The van der Waals surface area contributed by atoms with Gasteiger partial charge in [0.15, 0.2) is 5.82 Å². The molecule has 4 nitrogen and oxygen atoms in total. The summed E-state index contributed by atoms with van der Waals surface area (Å²) in [6.07, 6.45) is 4.73. The predicted molar refractivity (Wildman–Crippen MR) is 58.0 cm³/mol. The van der Waals surface area contributed by atoms with E-state index in [2.05, 4.69) is 32.5 Å². The Labute approximate surface area is 90.8 Å². The minimum absolute atomic E-state index is 0.0819. The average Bonchev–Trinajstić information content (AvgIpc) is 2.15. The van der Waals surface area contributed by atoms with Gasteiger partial charge in [-0.2, -0.15) is 0 Å². The largest absolute Gasteiger partial charge is 0.292 e. The van der Waals surface area contributed by atoms with Crippen molar-refractivity contribution >= 4 is 27.7 Å². The number of amides is 1. The van der Waals surface area contributed by atoms with Crippen molar-refractivity contribution in [3.05, 3.63) is 29.7 Å². The maximum atomic E-state index is 11.2. The molecule has 0 saturated carbocycles. The number of nitrogens with zero attached hydrogens (tertiary/aromatic N) is 3. The van der Waals surface area contributed by atoms with Gasteiger partial charge in [-0.3, -0.25) is 9.69 Å². The molecule has 1 amide bonds. The molecular weight excluding hydrogens is 246 g/mol. The first kappa shape index (κ1) is 10.8. The molecule has 0 fully saturated rings. The van der Waals surface area contributed by atoms with Crippen molar-refractivity contribution in [2.45, 2.75) is 6.92 Å². The normalized spacial score (nSPS) is 9.57. The van der Waals surface area contributed by atoms with Crippen LogP contribution in [0.15, 0.2) is 29.7 Å². The van der Waals surface area contributed by atoms with Crippen LogP contribution in [0.2, 0.25) is 0 Å². The van der Waals surface area contributed by atoms with Gasteiger partial charge in [0.05, 0.1) is 12.4 Å². The van der Waals surface area contributed by atoms with E-state index < -0.39 is 0 Å². The van der Waals surface area contributed by atoms with Crippen LogP contribution < -0.4 is 4.90 Å². The minimum Gasteiger partial charge on any atom is -0.292 e. The number of hydrogen-bond acceptors (Lipinski definition) is 3. The number of carbonyl (C=O) groups excluding carboxylic acids is 1. The summed E-state index contributed by atoms with van der Waals surface area (Å²) in [6, 6.07) is 0. The first-order chi connectivity index (χ1) is 6.65. The SMILES string of the molecule is C=CCN(C(C)=O)c1cnc(Br)cn1. The van der Waals surface area contributed by atoms with Crippen LogP contribution in [0.5, 0.6) is 0 Å². The number of hydrogen-bond donors (Lipinski definition) is 0. The van der Waals surface area contributed by atoms with Gasteiger partial charge in [-0.05, 0) is 15.9 Å². The third-order valence-corrected chi connectivity index (χ3v) is 1.98. The van der Waals surface area contributed by atoms with Crippen molar-refractivity contribution in [1.82, 2.24) is 9.97 Å². The van der Waals surface area contributed by atoms with Crippen LogP contribution in [0, 0.1) is 0 Å². The van der Waals surface area contributed by atoms with E-state index in [0.29, 0.717) is 17.0 Å². The van der Waals surface area contributed by atoms with E-state index in [4.69, 9.17) is 0 Å². The Balaban J connectivity index is 2.93. The van der Waals surface area contributed by atoms with Crippen LogP contribution in [0.4, 0.5) is 5.82 Å². The van der Waals surface area contributed by atoms with Crippen molar-refractivity contribution in [3.63, 3.8) is 0 Å². The Hall–Kier alpha value is -1.23. The fourth-order valence-corrected chi connectivity index (χ4v) is 1.16. The summed E-state index contributed by atoms with van der Waals surface area (Å²) in [5, 5.41) is 0. The van der Waals surface area contributed by atoms with Gasteiger partial charge in [0.1, 0.15) is 4.60 Å². The molecule has 0 aromatic carbocycles. The summed E-state index contributed by atoms with van der Waals surface area (Å²) < 4.78 is 0.642. The number of anilines is 1. The van der Waals surface area contributed by atoms with Crippen LogP contribution in [-0.2, 0) is 4.79 Å². The maximum Gasteiger partial charge on any atom is 0.225 e. The minimum atomic E-state index is -0.0819. The topological polar surface area (TPSA) is 46.1 Å². The van der Waals surface area contributed by atoms with Crippen molar-refractivity contribution in [3.8, 4) is 0 Å². The van der Waals surface area contributed by atoms with Gasteiger partial charge in [0.25, 0.3) is 0 Å². The highest BCUT2D eigenvalue weighted by atomic mass is 79.9. The van der Waals surface area contributed by atoms with E-state index in [1.54, 1.807) is 12.3 Å². The second kappa shape index (κ2) is 4.85. The molecule has 0 radical (unpaired) electrons. The van der Waals surface area contributed by atoms with Gasteiger partial charge in [0.2, 0.25) is 5.91 Å². The summed E-state index contributed by atoms with van der Waals surface area (Å²) >= 11 is 3.17. The lowest BCUT2D eigenvalue weighted by Crippen LogP contribution is -2.29. The molecule has 0 N–H and O–H groups in total. The van der Waals surface area contributed by atoms with Gasteiger partial charge in [-0.1, -0.05) is 6.08 Å². The Bertz CT molecular complexity index is 336. The standard InChI is InChI=1S/C9H10BrN3O/c1-3-4-13(7(2)14)9-6-11-8(10)5-12-9/h3,5-6H,1,4H2,2H3. The van der Waals surface area contributed by atoms with E-state index in [1.807, 2.05) is 0 Å². The molecule has 0 aliphatic rings. The summed E-state index contributed by atoms with van der Waals surface area (Å²) in [4.78, 5) is 20.8. The van der Waals surface area contributed by atoms with Crippen molar-refractivity contribution in [1.29, 1.82) is 0 Å². The average molecular weight is 256 g/mol. The molecule has 1 heterocycles. The second-order valence-corrected chi connectivity index (χ2v) is 3.43. The summed E-state index contributed by atoms with van der Waals surface area (Å²) in [7, 11) is 0. The zero-order chi connectivity index (χ0) is 10.6. The zero-order valence-corrected chi connectivity index (χ0v) is 9.36. The van der Waals surface area contributed by atoms with Crippen LogP contribution in [-0.4, -0.2) is 22.4 Å². The molecule has 0 unspecified atom stereocenters. The fourth-order valence-electron chi connectivity index (χ4n) is 0.957. The first-order valence-electron chi connectivity index (χ1n) is 4.01. The number of aromatic nitrogens is 2. The highest BCUT2D eigenvalue weighted by molar-refractivity contribution is 9.10. The lowest BCUT2D eigenvalue weighted by Gasteiger charge is -2.17. The molecule has 0 spiro atoms. The second-order valence-electron chi connectivity index (χ2n) is 2.62. The van der Waals surface area contributed by atoms with Crippen molar-refractivity contribution in [2.75, 3.05) is 11.4 Å². The first-order valence-corrected chi connectivity index (χ1v) is 4.81. The zero-order valence-electron chi connectivity index (χ0n) is 7.77. The summed E-state index contributed by atoms with van der Waals surface area (Å²) in [5.41, 5.74) is 0. The molecule has 74 valence electrons. The predicted octanol–water partition coefficient (Wildman–Crippen LogP) is 1.78. The molecule has 0 aliphatic heterocycles. The van der Waals surface area contributed by atoms with Gasteiger partial charge < -0.3 is 0 Å². The van der Waals surface area contributed by atoms with Gasteiger partial charge in [0, 0.05) is 13.5 Å². The molecule has 5 heteroatoms. The lowest BCUT2D eigenvalue weighted by molar-refractivity contribution is -0.116. The molecule has 1 aromatic rings. The van der Waals surface area contributed by atoms with Crippen LogP contribution >= 0.6 is 15.9 Å². The maximum absolute atomic E-state index is 11.2. The molecule has 0 saturated heterocycles. The quantitative estimate of drug-likeness (QED) is 0.774. The molecule has 1 aromatic heterocycles. The Morgan fingerprint density at radius 3 is 2.79 bits per heavy atom. The smallest absolute Gasteiger partial charge is 0.225 e. The molecule has 1 rings (SSSR count). The van der Waals surface area contributed by atoms with Crippen molar-refractivity contribution in [2.24, 2.45) is 0 Å². The third-order valence-electron chi connectivity index (χ3n) is 1.58. The Kier molecular flexibility index (Phi) is 3.76. The van der Waals surface area contributed by atoms with E-state index in [1.165, 1.54) is 18.0 Å². The summed E-state index contributed by atoms with van der Waals surface area (Å²) in [5.74, 6) is 0.446. The molecule has 0 bridgehead atoms. The van der Waals surface area contributed by atoms with Crippen molar-refractivity contribution < 1.29 is 4.79 Å². The number of rotatable bonds is 3. The Morgan fingerprint density at radius 1 is 1.64 bits per heavy atom. The highest BCUT2D eigenvalue weighted by Gasteiger charge is 2.10.